The standard InChI is InChI=1S/C23H26FN7O/c1-2-6-17-19(13-30-12-11-26-23(30)21-18(24)9-5-10-25-21)27-15-31-22(17)28-20(29-31)14-32-16-7-3-4-8-16/h5,9-12,15-16H,2-4,6-8,13-14H2,1H3. The SMILES string of the molecule is CCCc1c(Cn2ccnc2-c2ncccc2F)ncn2nc(COC3CCCC3)nc12. The average molecular weight is 436 g/mol. The van der Waals surface area contributed by atoms with Crippen molar-refractivity contribution in [2.75, 3.05) is 0 Å². The number of pyridine rings is 1. The summed E-state index contributed by atoms with van der Waals surface area (Å²) in [6.07, 6.45) is 13.5. The van der Waals surface area contributed by atoms with Crippen molar-refractivity contribution in [1.29, 1.82) is 0 Å². The lowest BCUT2D eigenvalue weighted by molar-refractivity contribution is 0.0418. The number of rotatable bonds is 8. The van der Waals surface area contributed by atoms with E-state index in [1.165, 1.54) is 18.9 Å². The molecule has 0 aliphatic heterocycles. The second-order valence-electron chi connectivity index (χ2n) is 8.15. The van der Waals surface area contributed by atoms with E-state index in [1.807, 2.05) is 10.8 Å². The van der Waals surface area contributed by atoms with Crippen LogP contribution in [0.25, 0.3) is 17.2 Å². The minimum absolute atomic E-state index is 0.226. The maximum Gasteiger partial charge on any atom is 0.177 e. The molecule has 32 heavy (non-hydrogen) atoms. The Hall–Kier alpha value is -3.20. The van der Waals surface area contributed by atoms with Gasteiger partial charge in [0.25, 0.3) is 0 Å². The zero-order valence-electron chi connectivity index (χ0n) is 18.1. The molecular formula is C23H26FN7O. The molecule has 4 heterocycles. The third kappa shape index (κ3) is 4.12. The number of aryl methyl sites for hydroxylation is 1. The maximum absolute atomic E-state index is 14.3. The van der Waals surface area contributed by atoms with E-state index in [9.17, 15) is 4.39 Å². The number of nitrogens with zero attached hydrogens (tertiary/aromatic N) is 7. The number of halogens is 1. The molecule has 0 radical (unpaired) electrons. The van der Waals surface area contributed by atoms with E-state index in [-0.39, 0.29) is 5.69 Å². The van der Waals surface area contributed by atoms with Gasteiger partial charge in [0.15, 0.2) is 23.1 Å². The van der Waals surface area contributed by atoms with Crippen molar-refractivity contribution in [3.05, 3.63) is 59.9 Å². The molecule has 0 aromatic carbocycles. The number of imidazole rings is 1. The van der Waals surface area contributed by atoms with E-state index in [0.717, 1.165) is 42.6 Å². The molecule has 0 bridgehead atoms. The summed E-state index contributed by atoms with van der Waals surface area (Å²) in [5.74, 6) is 0.743. The van der Waals surface area contributed by atoms with Crippen LogP contribution in [0.1, 0.15) is 56.1 Å². The first-order valence-electron chi connectivity index (χ1n) is 11.2. The quantitative estimate of drug-likeness (QED) is 0.416. The summed E-state index contributed by atoms with van der Waals surface area (Å²) in [6, 6.07) is 2.96. The summed E-state index contributed by atoms with van der Waals surface area (Å²) in [7, 11) is 0. The lowest BCUT2D eigenvalue weighted by Gasteiger charge is -2.12. The predicted molar refractivity (Wildman–Crippen MR) is 116 cm³/mol. The molecule has 0 atom stereocenters. The molecule has 0 saturated heterocycles. The van der Waals surface area contributed by atoms with Crippen LogP contribution in [0.15, 0.2) is 37.1 Å². The highest BCUT2D eigenvalue weighted by molar-refractivity contribution is 5.52. The Bertz CT molecular complexity index is 1210. The molecular weight excluding hydrogens is 409 g/mol. The fraction of sp³-hybridized carbons (Fsp3) is 0.435. The van der Waals surface area contributed by atoms with Crippen LogP contribution in [0.2, 0.25) is 0 Å². The van der Waals surface area contributed by atoms with Crippen LogP contribution in [0.4, 0.5) is 4.39 Å². The summed E-state index contributed by atoms with van der Waals surface area (Å²) in [4.78, 5) is 17.9. The van der Waals surface area contributed by atoms with Crippen LogP contribution in [0.3, 0.4) is 0 Å². The monoisotopic (exact) mass is 435 g/mol. The van der Waals surface area contributed by atoms with Crippen LogP contribution >= 0.6 is 0 Å². The highest BCUT2D eigenvalue weighted by atomic mass is 19.1. The number of ether oxygens (including phenoxy) is 1. The fourth-order valence-corrected chi connectivity index (χ4v) is 4.30. The van der Waals surface area contributed by atoms with E-state index in [1.54, 1.807) is 29.3 Å². The van der Waals surface area contributed by atoms with Crippen molar-refractivity contribution in [2.24, 2.45) is 0 Å². The molecule has 4 aromatic rings. The van der Waals surface area contributed by atoms with Gasteiger partial charge in [0.2, 0.25) is 0 Å². The van der Waals surface area contributed by atoms with Crippen LogP contribution in [-0.2, 0) is 24.3 Å². The van der Waals surface area contributed by atoms with E-state index in [0.29, 0.717) is 30.9 Å². The molecule has 0 unspecified atom stereocenters. The first kappa shape index (κ1) is 20.7. The third-order valence-electron chi connectivity index (χ3n) is 5.87. The highest BCUT2D eigenvalue weighted by Crippen LogP contribution is 2.23. The van der Waals surface area contributed by atoms with E-state index in [4.69, 9.17) is 9.72 Å². The van der Waals surface area contributed by atoms with Crippen molar-refractivity contribution < 1.29 is 9.13 Å². The predicted octanol–water partition coefficient (Wildman–Crippen LogP) is 3.98. The smallest absolute Gasteiger partial charge is 0.177 e. The number of hydrogen-bond acceptors (Lipinski definition) is 6. The van der Waals surface area contributed by atoms with Crippen molar-refractivity contribution in [3.8, 4) is 11.5 Å². The maximum atomic E-state index is 14.3. The van der Waals surface area contributed by atoms with E-state index >= 15 is 0 Å². The molecule has 1 fully saturated rings. The van der Waals surface area contributed by atoms with Gasteiger partial charge < -0.3 is 9.30 Å². The Labute approximate surface area is 185 Å². The van der Waals surface area contributed by atoms with E-state index in [2.05, 4.69) is 27.0 Å². The Morgan fingerprint density at radius 2 is 2.03 bits per heavy atom. The molecule has 0 N–H and O–H groups in total. The Morgan fingerprint density at radius 1 is 1.16 bits per heavy atom. The van der Waals surface area contributed by atoms with Gasteiger partial charge in [-0.25, -0.2) is 28.8 Å². The lowest BCUT2D eigenvalue weighted by Crippen LogP contribution is -2.10. The van der Waals surface area contributed by atoms with Crippen LogP contribution in [0.5, 0.6) is 0 Å². The van der Waals surface area contributed by atoms with Crippen molar-refractivity contribution >= 4 is 5.65 Å². The average Bonchev–Trinajstić information content (AvgIpc) is 3.55. The second-order valence-corrected chi connectivity index (χ2v) is 8.15. The molecule has 0 spiro atoms. The van der Waals surface area contributed by atoms with Gasteiger partial charge in [-0.05, 0) is 31.4 Å². The molecule has 1 saturated carbocycles. The molecule has 4 aromatic heterocycles. The Morgan fingerprint density at radius 3 is 2.84 bits per heavy atom. The minimum Gasteiger partial charge on any atom is -0.370 e. The Kier molecular flexibility index (Phi) is 5.89. The molecule has 0 amide bonds. The number of hydrogen-bond donors (Lipinski definition) is 0. The van der Waals surface area contributed by atoms with Gasteiger partial charge >= 0.3 is 0 Å². The fourth-order valence-electron chi connectivity index (χ4n) is 4.30. The molecule has 166 valence electrons. The van der Waals surface area contributed by atoms with Crippen molar-refractivity contribution in [3.63, 3.8) is 0 Å². The topological polar surface area (TPSA) is 83.0 Å². The Balaban J connectivity index is 1.45. The first-order chi connectivity index (χ1) is 15.7. The first-order valence-corrected chi connectivity index (χ1v) is 11.2. The molecule has 1 aliphatic rings. The highest BCUT2D eigenvalue weighted by Gasteiger charge is 2.19. The lowest BCUT2D eigenvalue weighted by atomic mass is 10.1. The summed E-state index contributed by atoms with van der Waals surface area (Å²) in [5.41, 5.74) is 2.93. The molecule has 9 heteroatoms. The van der Waals surface area contributed by atoms with Crippen LogP contribution in [-0.4, -0.2) is 40.2 Å². The number of fused-ring (bicyclic) bond motifs is 1. The molecule has 5 rings (SSSR count). The van der Waals surface area contributed by atoms with E-state index < -0.39 is 5.82 Å². The largest absolute Gasteiger partial charge is 0.370 e. The minimum atomic E-state index is -0.401. The molecule has 1 aliphatic carbocycles. The van der Waals surface area contributed by atoms with Crippen molar-refractivity contribution in [2.45, 2.75) is 64.7 Å². The van der Waals surface area contributed by atoms with Gasteiger partial charge in [0, 0.05) is 24.2 Å². The summed E-state index contributed by atoms with van der Waals surface area (Å²) >= 11 is 0. The normalized spacial score (nSPS) is 14.6. The van der Waals surface area contributed by atoms with Gasteiger partial charge in [0.05, 0.1) is 18.3 Å². The van der Waals surface area contributed by atoms with Gasteiger partial charge in [0.1, 0.15) is 18.6 Å². The second kappa shape index (κ2) is 9.12. The van der Waals surface area contributed by atoms with Gasteiger partial charge in [-0.3, -0.25) is 0 Å². The van der Waals surface area contributed by atoms with Gasteiger partial charge in [-0.15, -0.1) is 5.10 Å². The van der Waals surface area contributed by atoms with Gasteiger partial charge in [-0.2, -0.15) is 0 Å². The van der Waals surface area contributed by atoms with Gasteiger partial charge in [-0.1, -0.05) is 26.2 Å². The van der Waals surface area contributed by atoms with Crippen molar-refractivity contribution in [1.82, 2.24) is 34.1 Å². The summed E-state index contributed by atoms with van der Waals surface area (Å²) < 4.78 is 23.9. The van der Waals surface area contributed by atoms with Crippen LogP contribution in [0, 0.1) is 5.82 Å². The summed E-state index contributed by atoms with van der Waals surface area (Å²) in [6.45, 7) is 2.98. The summed E-state index contributed by atoms with van der Waals surface area (Å²) in [5, 5.41) is 4.57. The zero-order chi connectivity index (χ0) is 21.9. The van der Waals surface area contributed by atoms with Crippen LogP contribution < -0.4 is 0 Å². The third-order valence-corrected chi connectivity index (χ3v) is 5.87. The number of aromatic nitrogens is 7. The zero-order valence-corrected chi connectivity index (χ0v) is 18.1. The molecule has 8 nitrogen and oxygen atoms in total.